The van der Waals surface area contributed by atoms with Crippen molar-refractivity contribution >= 4 is 6.08 Å². The molecule has 0 heterocycles. The molecule has 4 heteroatoms. The molecule has 0 saturated heterocycles. The number of benzene rings is 1. The largest absolute Gasteiger partial charge is 0.496 e. The van der Waals surface area contributed by atoms with E-state index in [0.717, 1.165) is 43.9 Å². The minimum atomic E-state index is 0.142. The Morgan fingerprint density at radius 2 is 2.00 bits per heavy atom. The molecule has 0 aliphatic rings. The quantitative estimate of drug-likeness (QED) is 0.659. The highest BCUT2D eigenvalue weighted by atomic mass is 16.5. The first kappa shape index (κ1) is 18.7. The summed E-state index contributed by atoms with van der Waals surface area (Å²) in [6.07, 6.45) is 5.07. The molecule has 22 heavy (non-hydrogen) atoms. The van der Waals surface area contributed by atoms with Crippen LogP contribution in [0.4, 0.5) is 0 Å². The smallest absolute Gasteiger partial charge is 0.126 e. The minimum Gasteiger partial charge on any atom is -0.496 e. The van der Waals surface area contributed by atoms with Gasteiger partial charge in [0.05, 0.1) is 13.7 Å². The number of ether oxygens (including phenoxy) is 1. The summed E-state index contributed by atoms with van der Waals surface area (Å²) in [5.41, 5.74) is 1.07. The van der Waals surface area contributed by atoms with E-state index in [1.807, 2.05) is 30.3 Å². The average molecular weight is 306 g/mol. The highest BCUT2D eigenvalue weighted by molar-refractivity contribution is 5.57. The first-order chi connectivity index (χ1) is 10.7. The van der Waals surface area contributed by atoms with Gasteiger partial charge in [0.2, 0.25) is 0 Å². The molecule has 1 atom stereocenters. The van der Waals surface area contributed by atoms with Crippen molar-refractivity contribution < 1.29 is 9.84 Å². The fourth-order valence-electron chi connectivity index (χ4n) is 2.36. The number of hydrogen-bond acceptors (Lipinski definition) is 4. The Balaban J connectivity index is 2.38. The van der Waals surface area contributed by atoms with Gasteiger partial charge in [0.1, 0.15) is 5.75 Å². The third kappa shape index (κ3) is 6.60. The molecule has 2 N–H and O–H groups in total. The molecule has 4 nitrogen and oxygen atoms in total. The molecule has 1 aromatic carbocycles. The number of aliphatic hydroxyl groups excluding tert-OH is 1. The summed E-state index contributed by atoms with van der Waals surface area (Å²) in [6, 6.07) is 8.08. The molecule has 0 radical (unpaired) electrons. The molecule has 124 valence electrons. The van der Waals surface area contributed by atoms with E-state index in [2.05, 4.69) is 30.1 Å². The predicted octanol–water partition coefficient (Wildman–Crippen LogP) is 2.39. The summed E-state index contributed by atoms with van der Waals surface area (Å²) in [4.78, 5) is 2.37. The van der Waals surface area contributed by atoms with Gasteiger partial charge in [-0.2, -0.15) is 0 Å². The van der Waals surface area contributed by atoms with Crippen LogP contribution in [0.3, 0.4) is 0 Å². The molecule has 1 unspecified atom stereocenters. The van der Waals surface area contributed by atoms with Gasteiger partial charge in [-0.05, 0) is 32.1 Å². The molecule has 0 amide bonds. The van der Waals surface area contributed by atoms with Gasteiger partial charge in [-0.15, -0.1) is 0 Å². The predicted molar refractivity (Wildman–Crippen MR) is 93.3 cm³/mol. The van der Waals surface area contributed by atoms with Gasteiger partial charge >= 0.3 is 0 Å². The molecule has 0 spiro atoms. The van der Waals surface area contributed by atoms with Gasteiger partial charge in [0.25, 0.3) is 0 Å². The standard InChI is InChI=1S/C18H30N2O2/c1-4-20(5-2)14-12-17(15-21)19-13-8-10-16-9-6-7-11-18(16)22-3/h6-11,17,19,21H,4-5,12-15H2,1-3H3. The Hall–Kier alpha value is -1.36. The second-order valence-corrected chi connectivity index (χ2v) is 5.25. The van der Waals surface area contributed by atoms with E-state index in [-0.39, 0.29) is 12.6 Å². The van der Waals surface area contributed by atoms with Gasteiger partial charge in [-0.1, -0.05) is 44.2 Å². The maximum atomic E-state index is 9.46. The SMILES string of the molecule is CCN(CC)CCC(CO)NCC=Cc1ccccc1OC. The minimum absolute atomic E-state index is 0.142. The van der Waals surface area contributed by atoms with Crippen molar-refractivity contribution in [3.05, 3.63) is 35.9 Å². The lowest BCUT2D eigenvalue weighted by Gasteiger charge is -2.22. The molecule has 0 aromatic heterocycles. The lowest BCUT2D eigenvalue weighted by Crippen LogP contribution is -2.36. The zero-order valence-electron chi connectivity index (χ0n) is 14.1. The summed E-state index contributed by atoms with van der Waals surface area (Å²) in [5.74, 6) is 0.874. The number of methoxy groups -OCH3 is 1. The van der Waals surface area contributed by atoms with Crippen LogP contribution in [0, 0.1) is 0 Å². The van der Waals surface area contributed by atoms with E-state index in [0.29, 0.717) is 0 Å². The van der Waals surface area contributed by atoms with Gasteiger partial charge in [0.15, 0.2) is 0 Å². The van der Waals surface area contributed by atoms with Gasteiger partial charge in [-0.3, -0.25) is 0 Å². The maximum absolute atomic E-state index is 9.46. The van der Waals surface area contributed by atoms with E-state index in [9.17, 15) is 5.11 Å². The number of aliphatic hydroxyl groups is 1. The first-order valence-corrected chi connectivity index (χ1v) is 8.11. The molecule has 0 fully saturated rings. The van der Waals surface area contributed by atoms with Crippen molar-refractivity contribution in [2.24, 2.45) is 0 Å². The number of rotatable bonds is 11. The van der Waals surface area contributed by atoms with Crippen molar-refractivity contribution in [1.82, 2.24) is 10.2 Å². The van der Waals surface area contributed by atoms with E-state index in [1.54, 1.807) is 7.11 Å². The van der Waals surface area contributed by atoms with E-state index >= 15 is 0 Å². The van der Waals surface area contributed by atoms with Crippen LogP contribution in [0.5, 0.6) is 5.75 Å². The zero-order valence-corrected chi connectivity index (χ0v) is 14.1. The van der Waals surface area contributed by atoms with Crippen LogP contribution < -0.4 is 10.1 Å². The summed E-state index contributed by atoms with van der Waals surface area (Å²) < 4.78 is 5.32. The Labute approximate surface area is 134 Å². The van der Waals surface area contributed by atoms with E-state index in [4.69, 9.17) is 4.74 Å². The number of nitrogens with zero attached hydrogens (tertiary/aromatic N) is 1. The lowest BCUT2D eigenvalue weighted by atomic mass is 10.1. The molecule has 0 aliphatic heterocycles. The third-order valence-electron chi connectivity index (χ3n) is 3.87. The Kier molecular flexibility index (Phi) is 9.55. The molecular formula is C18H30N2O2. The van der Waals surface area contributed by atoms with Crippen molar-refractivity contribution in [2.45, 2.75) is 26.3 Å². The van der Waals surface area contributed by atoms with Crippen LogP contribution in [0.2, 0.25) is 0 Å². The van der Waals surface area contributed by atoms with Gasteiger partial charge in [-0.25, -0.2) is 0 Å². The summed E-state index contributed by atoms with van der Waals surface area (Å²) >= 11 is 0. The van der Waals surface area contributed by atoms with Gasteiger partial charge in [0, 0.05) is 18.2 Å². The van der Waals surface area contributed by atoms with Crippen LogP contribution in [0.15, 0.2) is 30.3 Å². The van der Waals surface area contributed by atoms with Crippen LogP contribution in [-0.2, 0) is 0 Å². The van der Waals surface area contributed by atoms with Crippen molar-refractivity contribution in [3.8, 4) is 5.75 Å². The number of hydrogen-bond donors (Lipinski definition) is 2. The molecule has 0 bridgehead atoms. The Bertz CT molecular complexity index is 431. The summed E-state index contributed by atoms with van der Waals surface area (Å²) in [7, 11) is 1.68. The van der Waals surface area contributed by atoms with Crippen LogP contribution in [0.25, 0.3) is 6.08 Å². The second kappa shape index (κ2) is 11.2. The maximum Gasteiger partial charge on any atom is 0.126 e. The monoisotopic (exact) mass is 306 g/mol. The number of para-hydroxylation sites is 1. The number of nitrogens with one attached hydrogen (secondary N) is 1. The molecule has 1 aromatic rings. The summed E-state index contributed by atoms with van der Waals surface area (Å²) in [6.45, 7) is 8.37. The molecule has 0 aliphatic carbocycles. The van der Waals surface area contributed by atoms with E-state index < -0.39 is 0 Å². The summed E-state index contributed by atoms with van der Waals surface area (Å²) in [5, 5.41) is 12.8. The molecular weight excluding hydrogens is 276 g/mol. The van der Waals surface area contributed by atoms with Crippen molar-refractivity contribution in [1.29, 1.82) is 0 Å². The molecule has 0 saturated carbocycles. The fraction of sp³-hybridized carbons (Fsp3) is 0.556. The normalized spacial score (nSPS) is 13.0. The zero-order chi connectivity index (χ0) is 16.2. The Morgan fingerprint density at radius 3 is 2.64 bits per heavy atom. The Morgan fingerprint density at radius 1 is 1.27 bits per heavy atom. The van der Waals surface area contributed by atoms with Crippen molar-refractivity contribution in [2.75, 3.05) is 39.9 Å². The third-order valence-corrected chi connectivity index (χ3v) is 3.87. The van der Waals surface area contributed by atoms with Crippen LogP contribution in [0.1, 0.15) is 25.8 Å². The van der Waals surface area contributed by atoms with Crippen molar-refractivity contribution in [3.63, 3.8) is 0 Å². The topological polar surface area (TPSA) is 44.7 Å². The van der Waals surface area contributed by atoms with Crippen LogP contribution in [-0.4, -0.2) is 55.9 Å². The molecule has 1 rings (SSSR count). The fourth-order valence-corrected chi connectivity index (χ4v) is 2.36. The highest BCUT2D eigenvalue weighted by Gasteiger charge is 2.07. The second-order valence-electron chi connectivity index (χ2n) is 5.25. The lowest BCUT2D eigenvalue weighted by molar-refractivity contribution is 0.214. The average Bonchev–Trinajstić information content (AvgIpc) is 2.57. The first-order valence-electron chi connectivity index (χ1n) is 8.11. The van der Waals surface area contributed by atoms with Gasteiger partial charge < -0.3 is 20.1 Å². The van der Waals surface area contributed by atoms with E-state index in [1.165, 1.54) is 0 Å². The highest BCUT2D eigenvalue weighted by Crippen LogP contribution is 2.18. The van der Waals surface area contributed by atoms with Crippen LogP contribution >= 0.6 is 0 Å².